The van der Waals surface area contributed by atoms with Crippen molar-refractivity contribution in [1.82, 2.24) is 9.97 Å². The minimum Gasteiger partial charge on any atom is -0.356 e. The minimum absolute atomic E-state index is 0.0262. The summed E-state index contributed by atoms with van der Waals surface area (Å²) < 4.78 is 0. The molecule has 1 aliphatic carbocycles. The van der Waals surface area contributed by atoms with E-state index in [1.54, 1.807) is 0 Å². The summed E-state index contributed by atoms with van der Waals surface area (Å²) in [6, 6.07) is 0. The van der Waals surface area contributed by atoms with Crippen LogP contribution in [0.15, 0.2) is 0 Å². The van der Waals surface area contributed by atoms with E-state index >= 15 is 0 Å². The average molecular weight is 394 g/mol. The molecule has 29 heavy (non-hydrogen) atoms. The standard InChI is InChI=1S/C25H35N3O/c1-9-12-28(13-21-10-11-21)25-19(7)23(26-20(8)27-25)24(29)22-17(5)15(3)14(2)16(4)18(22)6/h21H,9-13H2,1-8H3. The molecule has 1 aromatic carbocycles. The van der Waals surface area contributed by atoms with Crippen LogP contribution in [0.1, 0.15) is 81.4 Å². The first-order chi connectivity index (χ1) is 13.7. The van der Waals surface area contributed by atoms with E-state index in [1.165, 1.54) is 29.5 Å². The van der Waals surface area contributed by atoms with Gasteiger partial charge >= 0.3 is 0 Å². The second-order valence-electron chi connectivity index (χ2n) is 8.79. The lowest BCUT2D eigenvalue weighted by atomic mass is 9.86. The lowest BCUT2D eigenvalue weighted by molar-refractivity contribution is 0.103. The van der Waals surface area contributed by atoms with E-state index in [9.17, 15) is 4.79 Å². The van der Waals surface area contributed by atoms with Gasteiger partial charge in [0.2, 0.25) is 5.78 Å². The predicted octanol–water partition coefficient (Wildman–Crippen LogP) is 5.49. The first kappa shape index (κ1) is 21.5. The van der Waals surface area contributed by atoms with Crippen LogP contribution in [0.3, 0.4) is 0 Å². The lowest BCUT2D eigenvalue weighted by Crippen LogP contribution is -2.29. The van der Waals surface area contributed by atoms with E-state index in [-0.39, 0.29) is 5.78 Å². The average Bonchev–Trinajstić information content (AvgIpc) is 3.50. The molecule has 1 aromatic heterocycles. The molecule has 0 amide bonds. The first-order valence-electron chi connectivity index (χ1n) is 10.9. The summed E-state index contributed by atoms with van der Waals surface area (Å²) in [6.45, 7) is 18.6. The fraction of sp³-hybridized carbons (Fsp3) is 0.560. The summed E-state index contributed by atoms with van der Waals surface area (Å²) in [4.78, 5) is 25.5. The van der Waals surface area contributed by atoms with E-state index in [2.05, 4.69) is 51.4 Å². The van der Waals surface area contributed by atoms with Crippen molar-refractivity contribution in [3.63, 3.8) is 0 Å². The van der Waals surface area contributed by atoms with Crippen LogP contribution in [-0.2, 0) is 0 Å². The maximum Gasteiger partial charge on any atom is 0.212 e. The minimum atomic E-state index is 0.0262. The summed E-state index contributed by atoms with van der Waals surface area (Å²) >= 11 is 0. The van der Waals surface area contributed by atoms with Gasteiger partial charge in [-0.3, -0.25) is 4.79 Å². The molecular weight excluding hydrogens is 358 g/mol. The largest absolute Gasteiger partial charge is 0.356 e. The molecule has 3 rings (SSSR count). The Morgan fingerprint density at radius 2 is 1.41 bits per heavy atom. The molecule has 0 spiro atoms. The number of aryl methyl sites for hydroxylation is 1. The quantitative estimate of drug-likeness (QED) is 0.583. The highest BCUT2D eigenvalue weighted by Gasteiger charge is 2.28. The van der Waals surface area contributed by atoms with Crippen molar-refractivity contribution in [2.75, 3.05) is 18.0 Å². The maximum atomic E-state index is 13.7. The Morgan fingerprint density at radius 3 is 1.93 bits per heavy atom. The Kier molecular flexibility index (Phi) is 6.11. The highest BCUT2D eigenvalue weighted by molar-refractivity contribution is 6.11. The molecule has 156 valence electrons. The van der Waals surface area contributed by atoms with Gasteiger partial charge in [-0.05, 0) is 101 Å². The van der Waals surface area contributed by atoms with Gasteiger partial charge < -0.3 is 4.90 Å². The van der Waals surface area contributed by atoms with Crippen molar-refractivity contribution < 1.29 is 4.79 Å². The zero-order valence-electron chi connectivity index (χ0n) is 19.4. The molecule has 1 fully saturated rings. The fourth-order valence-electron chi connectivity index (χ4n) is 4.27. The van der Waals surface area contributed by atoms with Crippen LogP contribution in [-0.4, -0.2) is 28.8 Å². The zero-order chi connectivity index (χ0) is 21.5. The Morgan fingerprint density at radius 1 is 0.862 bits per heavy atom. The highest BCUT2D eigenvalue weighted by Crippen LogP contribution is 2.33. The van der Waals surface area contributed by atoms with Crippen molar-refractivity contribution in [2.45, 2.75) is 74.7 Å². The number of anilines is 1. The second kappa shape index (κ2) is 8.25. The molecule has 4 nitrogen and oxygen atoms in total. The molecule has 0 N–H and O–H groups in total. The van der Waals surface area contributed by atoms with Crippen molar-refractivity contribution >= 4 is 11.6 Å². The van der Waals surface area contributed by atoms with Gasteiger partial charge in [0.1, 0.15) is 17.3 Å². The molecule has 1 aliphatic rings. The smallest absolute Gasteiger partial charge is 0.212 e. The molecule has 0 atom stereocenters. The normalized spacial score (nSPS) is 13.7. The third-order valence-corrected chi connectivity index (χ3v) is 6.64. The monoisotopic (exact) mass is 393 g/mol. The highest BCUT2D eigenvalue weighted by atomic mass is 16.1. The van der Waals surface area contributed by atoms with Crippen LogP contribution >= 0.6 is 0 Å². The number of hydrogen-bond donors (Lipinski definition) is 0. The van der Waals surface area contributed by atoms with Crippen molar-refractivity contribution in [1.29, 1.82) is 0 Å². The molecule has 0 bridgehead atoms. The van der Waals surface area contributed by atoms with E-state index < -0.39 is 0 Å². The molecular formula is C25H35N3O. The summed E-state index contributed by atoms with van der Waals surface area (Å²) in [6.07, 6.45) is 3.66. The maximum absolute atomic E-state index is 13.7. The number of hydrogen-bond acceptors (Lipinski definition) is 4. The number of aromatic nitrogens is 2. The van der Waals surface area contributed by atoms with Gasteiger partial charge in [-0.25, -0.2) is 9.97 Å². The molecule has 0 aliphatic heterocycles. The topological polar surface area (TPSA) is 46.1 Å². The van der Waals surface area contributed by atoms with E-state index in [0.29, 0.717) is 11.5 Å². The van der Waals surface area contributed by atoms with Gasteiger partial charge in [-0.1, -0.05) is 6.92 Å². The van der Waals surface area contributed by atoms with E-state index in [1.807, 2.05) is 13.8 Å². The number of ketones is 1. The van der Waals surface area contributed by atoms with Gasteiger partial charge in [0.15, 0.2) is 0 Å². The number of carbonyl (C=O) groups is 1. The first-order valence-corrected chi connectivity index (χ1v) is 10.9. The molecule has 4 heteroatoms. The van der Waals surface area contributed by atoms with Gasteiger partial charge in [0.25, 0.3) is 0 Å². The number of carbonyl (C=O) groups excluding carboxylic acids is 1. The molecule has 2 aromatic rings. The summed E-state index contributed by atoms with van der Waals surface area (Å²) in [5.41, 5.74) is 8.06. The Balaban J connectivity index is 2.12. The van der Waals surface area contributed by atoms with Crippen LogP contribution in [0.4, 0.5) is 5.82 Å². The lowest BCUT2D eigenvalue weighted by Gasteiger charge is -2.26. The van der Waals surface area contributed by atoms with E-state index in [0.717, 1.165) is 53.5 Å². The Labute approximate surface area is 175 Å². The fourth-order valence-corrected chi connectivity index (χ4v) is 4.27. The van der Waals surface area contributed by atoms with E-state index in [4.69, 9.17) is 4.98 Å². The van der Waals surface area contributed by atoms with Gasteiger partial charge in [-0.15, -0.1) is 0 Å². The number of benzene rings is 1. The van der Waals surface area contributed by atoms with Crippen LogP contribution in [0, 0.1) is 54.4 Å². The second-order valence-corrected chi connectivity index (χ2v) is 8.79. The molecule has 1 saturated carbocycles. The predicted molar refractivity (Wildman–Crippen MR) is 120 cm³/mol. The summed E-state index contributed by atoms with van der Waals surface area (Å²) in [5.74, 6) is 2.40. The third kappa shape index (κ3) is 4.08. The van der Waals surface area contributed by atoms with Crippen molar-refractivity contribution in [3.8, 4) is 0 Å². The van der Waals surface area contributed by atoms with Gasteiger partial charge in [0, 0.05) is 24.2 Å². The van der Waals surface area contributed by atoms with Crippen LogP contribution < -0.4 is 4.90 Å². The Hall–Kier alpha value is -2.23. The number of nitrogens with zero attached hydrogens (tertiary/aromatic N) is 3. The van der Waals surface area contributed by atoms with Crippen LogP contribution in [0.5, 0.6) is 0 Å². The molecule has 0 radical (unpaired) electrons. The Bertz CT molecular complexity index is 928. The SMILES string of the molecule is CCCN(CC1CC1)c1nc(C)nc(C(=O)c2c(C)c(C)c(C)c(C)c2C)c1C. The van der Waals surface area contributed by atoms with Gasteiger partial charge in [-0.2, -0.15) is 0 Å². The van der Waals surface area contributed by atoms with Crippen molar-refractivity contribution in [3.05, 3.63) is 50.5 Å². The molecule has 0 saturated heterocycles. The van der Waals surface area contributed by atoms with Crippen LogP contribution in [0.25, 0.3) is 0 Å². The molecule has 0 unspecified atom stereocenters. The van der Waals surface area contributed by atoms with Gasteiger partial charge in [0.05, 0.1) is 0 Å². The number of rotatable bonds is 7. The zero-order valence-corrected chi connectivity index (χ0v) is 19.4. The van der Waals surface area contributed by atoms with Crippen LogP contribution in [0.2, 0.25) is 0 Å². The third-order valence-electron chi connectivity index (χ3n) is 6.64. The summed E-state index contributed by atoms with van der Waals surface area (Å²) in [7, 11) is 0. The molecule has 1 heterocycles. The van der Waals surface area contributed by atoms with Crippen molar-refractivity contribution in [2.24, 2.45) is 5.92 Å². The summed E-state index contributed by atoms with van der Waals surface area (Å²) in [5, 5.41) is 0.